The van der Waals surface area contributed by atoms with E-state index in [4.69, 9.17) is 24.4 Å². The largest absolute Gasteiger partial charge is 0.363 e. The van der Waals surface area contributed by atoms with E-state index in [1.54, 1.807) is 0 Å². The zero-order valence-electron chi connectivity index (χ0n) is 18.2. The Morgan fingerprint density at radius 3 is 1.54 bits per heavy atom. The van der Waals surface area contributed by atoms with E-state index < -0.39 is 0 Å². The quantitative estimate of drug-likeness (QED) is 0.329. The fraction of sp³-hybridized carbons (Fsp3) is 0.636. The van der Waals surface area contributed by atoms with Crippen molar-refractivity contribution >= 4 is 34.7 Å². The summed E-state index contributed by atoms with van der Waals surface area (Å²) in [7, 11) is 0. The lowest BCUT2D eigenvalue weighted by atomic mass is 9.85. The van der Waals surface area contributed by atoms with E-state index in [9.17, 15) is 0 Å². The number of hydrogen-bond acceptors (Lipinski definition) is 2. The molecule has 0 spiro atoms. The van der Waals surface area contributed by atoms with Gasteiger partial charge in [0.25, 0.3) is 0 Å². The van der Waals surface area contributed by atoms with Gasteiger partial charge < -0.3 is 21.3 Å². The highest BCUT2D eigenvalue weighted by molar-refractivity contribution is 7.80. The SMILES string of the molecule is CCCCNC(=S)NCc1cc(CNC(=S)NCCCC)cc(C(C)(C)C)c1. The lowest BCUT2D eigenvalue weighted by molar-refractivity contribution is 0.587. The number of benzene rings is 1. The fourth-order valence-electron chi connectivity index (χ4n) is 2.65. The Labute approximate surface area is 182 Å². The van der Waals surface area contributed by atoms with Crippen molar-refractivity contribution in [2.24, 2.45) is 0 Å². The Morgan fingerprint density at radius 1 is 0.750 bits per heavy atom. The molecular formula is C22H38N4S2. The van der Waals surface area contributed by atoms with Crippen molar-refractivity contribution in [3.8, 4) is 0 Å². The molecule has 0 aromatic heterocycles. The molecule has 4 N–H and O–H groups in total. The van der Waals surface area contributed by atoms with Gasteiger partial charge in [-0.05, 0) is 59.4 Å². The van der Waals surface area contributed by atoms with Crippen molar-refractivity contribution in [3.05, 3.63) is 34.9 Å². The van der Waals surface area contributed by atoms with Crippen molar-refractivity contribution in [2.45, 2.75) is 78.8 Å². The third-order valence-electron chi connectivity index (χ3n) is 4.46. The van der Waals surface area contributed by atoms with Gasteiger partial charge in [0.1, 0.15) is 0 Å². The monoisotopic (exact) mass is 422 g/mol. The average Bonchev–Trinajstić information content (AvgIpc) is 2.64. The minimum atomic E-state index is 0.0878. The van der Waals surface area contributed by atoms with Crippen LogP contribution in [-0.2, 0) is 18.5 Å². The minimum absolute atomic E-state index is 0.0878. The van der Waals surface area contributed by atoms with E-state index in [0.717, 1.165) is 49.0 Å². The first kappa shape index (κ1) is 24.6. The Hall–Kier alpha value is -1.40. The molecule has 0 saturated carbocycles. The number of thiocarbonyl (C=S) groups is 2. The molecule has 0 bridgehead atoms. The summed E-state index contributed by atoms with van der Waals surface area (Å²) in [6.07, 6.45) is 4.58. The van der Waals surface area contributed by atoms with Gasteiger partial charge in [-0.1, -0.05) is 65.7 Å². The summed E-state index contributed by atoms with van der Waals surface area (Å²) in [6, 6.07) is 6.75. The van der Waals surface area contributed by atoms with E-state index in [-0.39, 0.29) is 5.41 Å². The fourth-order valence-corrected chi connectivity index (χ4v) is 3.00. The van der Waals surface area contributed by atoms with Crippen LogP contribution in [0.1, 0.15) is 77.0 Å². The molecule has 0 aliphatic heterocycles. The molecule has 0 fully saturated rings. The Morgan fingerprint density at radius 2 is 1.18 bits per heavy atom. The van der Waals surface area contributed by atoms with Crippen molar-refractivity contribution in [1.29, 1.82) is 0 Å². The highest BCUT2D eigenvalue weighted by Gasteiger charge is 2.15. The first-order valence-corrected chi connectivity index (χ1v) is 11.2. The van der Waals surface area contributed by atoms with Gasteiger partial charge in [-0.2, -0.15) is 0 Å². The molecule has 1 aromatic rings. The molecule has 0 aliphatic carbocycles. The molecule has 6 heteroatoms. The molecule has 1 rings (SSSR count). The molecule has 28 heavy (non-hydrogen) atoms. The molecule has 4 nitrogen and oxygen atoms in total. The maximum absolute atomic E-state index is 5.38. The van der Waals surface area contributed by atoms with Crippen LogP contribution in [0.15, 0.2) is 18.2 Å². The van der Waals surface area contributed by atoms with E-state index in [1.807, 2.05) is 0 Å². The summed E-state index contributed by atoms with van der Waals surface area (Å²) in [5.41, 5.74) is 3.87. The van der Waals surface area contributed by atoms with E-state index >= 15 is 0 Å². The third kappa shape index (κ3) is 10.2. The van der Waals surface area contributed by atoms with Crippen molar-refractivity contribution in [3.63, 3.8) is 0 Å². The van der Waals surface area contributed by atoms with Crippen LogP contribution in [0.3, 0.4) is 0 Å². The summed E-state index contributed by atoms with van der Waals surface area (Å²) >= 11 is 10.8. The molecule has 0 amide bonds. The molecule has 0 unspecified atom stereocenters. The minimum Gasteiger partial charge on any atom is -0.363 e. The zero-order chi connectivity index (χ0) is 21.0. The molecule has 0 saturated heterocycles. The van der Waals surface area contributed by atoms with Crippen LogP contribution < -0.4 is 21.3 Å². The third-order valence-corrected chi connectivity index (χ3v) is 5.03. The predicted molar refractivity (Wildman–Crippen MR) is 130 cm³/mol. The second kappa shape index (κ2) is 12.9. The summed E-state index contributed by atoms with van der Waals surface area (Å²) < 4.78 is 0. The second-order valence-electron chi connectivity index (χ2n) is 8.21. The first-order chi connectivity index (χ1) is 13.3. The normalized spacial score (nSPS) is 11.0. The topological polar surface area (TPSA) is 48.1 Å². The van der Waals surface area contributed by atoms with Crippen LogP contribution in [0.2, 0.25) is 0 Å². The molecule has 1 aromatic carbocycles. The number of hydrogen-bond donors (Lipinski definition) is 4. The molecule has 0 aliphatic rings. The van der Waals surface area contributed by atoms with Crippen molar-refractivity contribution in [1.82, 2.24) is 21.3 Å². The van der Waals surface area contributed by atoms with E-state index in [2.05, 4.69) is 74.1 Å². The maximum Gasteiger partial charge on any atom is 0.166 e. The Bertz CT molecular complexity index is 579. The van der Waals surface area contributed by atoms with Crippen LogP contribution in [0.25, 0.3) is 0 Å². The summed E-state index contributed by atoms with van der Waals surface area (Å²) in [4.78, 5) is 0. The summed E-state index contributed by atoms with van der Waals surface area (Å²) in [6.45, 7) is 14.3. The van der Waals surface area contributed by atoms with Gasteiger partial charge in [-0.15, -0.1) is 0 Å². The van der Waals surface area contributed by atoms with Crippen LogP contribution in [0.4, 0.5) is 0 Å². The van der Waals surface area contributed by atoms with Gasteiger partial charge in [-0.3, -0.25) is 0 Å². The van der Waals surface area contributed by atoms with Crippen LogP contribution >= 0.6 is 24.4 Å². The standard InChI is InChI=1S/C22H38N4S2/c1-6-8-10-23-20(27)25-15-17-12-18(14-19(13-17)22(3,4)5)16-26-21(28)24-11-9-7-2/h12-14H,6-11,15-16H2,1-5H3,(H2,23,25,27)(H2,24,26,28). The average molecular weight is 423 g/mol. The highest BCUT2D eigenvalue weighted by atomic mass is 32.1. The van der Waals surface area contributed by atoms with Crippen LogP contribution in [-0.4, -0.2) is 23.3 Å². The number of nitrogens with one attached hydrogen (secondary N) is 4. The zero-order valence-corrected chi connectivity index (χ0v) is 19.8. The molecule has 158 valence electrons. The lowest BCUT2D eigenvalue weighted by Crippen LogP contribution is -2.36. The summed E-state index contributed by atoms with van der Waals surface area (Å²) in [5.74, 6) is 0. The number of unbranched alkanes of at least 4 members (excludes halogenated alkanes) is 2. The molecule has 0 radical (unpaired) electrons. The van der Waals surface area contributed by atoms with Crippen molar-refractivity contribution < 1.29 is 0 Å². The maximum atomic E-state index is 5.38. The van der Waals surface area contributed by atoms with Gasteiger partial charge in [-0.25, -0.2) is 0 Å². The van der Waals surface area contributed by atoms with Gasteiger partial charge in [0, 0.05) is 26.2 Å². The van der Waals surface area contributed by atoms with Gasteiger partial charge in [0.15, 0.2) is 10.2 Å². The van der Waals surface area contributed by atoms with Crippen LogP contribution in [0.5, 0.6) is 0 Å². The van der Waals surface area contributed by atoms with Crippen LogP contribution in [0, 0.1) is 0 Å². The molecule has 0 atom stereocenters. The lowest BCUT2D eigenvalue weighted by Gasteiger charge is -2.22. The Kier molecular flexibility index (Phi) is 11.4. The summed E-state index contributed by atoms with van der Waals surface area (Å²) in [5, 5.41) is 14.6. The van der Waals surface area contributed by atoms with E-state index in [0.29, 0.717) is 13.1 Å². The molecule has 0 heterocycles. The first-order valence-electron chi connectivity index (χ1n) is 10.4. The highest BCUT2D eigenvalue weighted by Crippen LogP contribution is 2.24. The van der Waals surface area contributed by atoms with Gasteiger partial charge in [0.05, 0.1) is 0 Å². The van der Waals surface area contributed by atoms with Crippen molar-refractivity contribution in [2.75, 3.05) is 13.1 Å². The van der Waals surface area contributed by atoms with E-state index in [1.165, 1.54) is 16.7 Å². The second-order valence-corrected chi connectivity index (χ2v) is 9.03. The molecular weight excluding hydrogens is 384 g/mol. The Balaban J connectivity index is 2.72. The smallest absolute Gasteiger partial charge is 0.166 e. The van der Waals surface area contributed by atoms with Gasteiger partial charge >= 0.3 is 0 Å². The van der Waals surface area contributed by atoms with Gasteiger partial charge in [0.2, 0.25) is 0 Å². The number of rotatable bonds is 10. The predicted octanol–water partition coefficient (Wildman–Crippen LogP) is 4.51.